The average molecular weight is 604 g/mol. The lowest BCUT2D eigenvalue weighted by atomic mass is 9.86. The Hall–Kier alpha value is -3.88. The number of anilines is 3. The molecule has 0 aliphatic heterocycles. The second kappa shape index (κ2) is 11.9. The molecule has 1 atom stereocenters. The van der Waals surface area contributed by atoms with E-state index in [-0.39, 0.29) is 28.1 Å². The zero-order valence-corrected chi connectivity index (χ0v) is 26.0. The Morgan fingerprint density at radius 1 is 1.20 bits per heavy atom. The molecule has 0 fully saturated rings. The summed E-state index contributed by atoms with van der Waals surface area (Å²) in [5.41, 5.74) is 9.59. The number of nitrogens with two attached hydrogens (primary N) is 2. The minimum Gasteiger partial charge on any atom is -0.492 e. The minimum atomic E-state index is -3.62. The molecule has 0 aliphatic carbocycles. The van der Waals surface area contributed by atoms with Gasteiger partial charge in [0, 0.05) is 25.1 Å². The molecule has 0 radical (unpaired) electrons. The van der Waals surface area contributed by atoms with Gasteiger partial charge in [0.25, 0.3) is 5.91 Å². The van der Waals surface area contributed by atoms with Crippen molar-refractivity contribution in [3.8, 4) is 5.75 Å². The molecule has 1 heterocycles. The lowest BCUT2D eigenvalue weighted by Crippen LogP contribution is -2.27. The number of nitrogens with one attached hydrogen (secondary N) is 2. The summed E-state index contributed by atoms with van der Waals surface area (Å²) < 4.78 is 45.5. The number of carbonyl (C=O) groups is 1. The number of imidazole rings is 1. The monoisotopic (exact) mass is 603 g/mol. The van der Waals surface area contributed by atoms with E-state index in [1.807, 2.05) is 27.7 Å². The van der Waals surface area contributed by atoms with E-state index in [4.69, 9.17) is 16.3 Å². The van der Waals surface area contributed by atoms with Crippen LogP contribution < -0.4 is 31.4 Å². The van der Waals surface area contributed by atoms with Crippen molar-refractivity contribution < 1.29 is 22.2 Å². The first-order valence-electron chi connectivity index (χ1n) is 12.4. The number of aryl methyl sites for hydroxylation is 1. The van der Waals surface area contributed by atoms with E-state index in [1.165, 1.54) is 30.8 Å². The molecule has 222 valence electrons. The highest BCUT2D eigenvalue weighted by atomic mass is 32.2. The van der Waals surface area contributed by atoms with Crippen molar-refractivity contribution >= 4 is 49.5 Å². The zero-order chi connectivity index (χ0) is 30.9. The van der Waals surface area contributed by atoms with E-state index in [0.29, 0.717) is 22.2 Å². The minimum absolute atomic E-state index is 0.170. The Bertz CT molecular complexity index is 1640. The molecule has 12 nitrogen and oxygen atoms in total. The summed E-state index contributed by atoms with van der Waals surface area (Å²) in [7, 11) is -1.82. The van der Waals surface area contributed by atoms with E-state index >= 15 is 0 Å². The number of methoxy groups -OCH3 is 1. The van der Waals surface area contributed by atoms with Crippen LogP contribution in [-0.4, -0.2) is 47.7 Å². The first-order chi connectivity index (χ1) is 18.9. The average Bonchev–Trinajstić information content (AvgIpc) is 3.24. The first kappa shape index (κ1) is 31.6. The maximum absolute atomic E-state index is 13.4. The van der Waals surface area contributed by atoms with Crippen LogP contribution in [0.1, 0.15) is 48.0 Å². The number of hydrogen-bond acceptors (Lipinski definition) is 9. The molecule has 3 aromatic rings. The van der Waals surface area contributed by atoms with Crippen LogP contribution in [0.5, 0.6) is 5.75 Å². The Labute approximate surface area is 243 Å². The first-order valence-corrected chi connectivity index (χ1v) is 15.9. The Morgan fingerprint density at radius 3 is 2.37 bits per heavy atom. The van der Waals surface area contributed by atoms with Gasteiger partial charge >= 0.3 is 0 Å². The van der Waals surface area contributed by atoms with E-state index in [2.05, 4.69) is 15.0 Å². The normalized spacial score (nSPS) is 13.0. The molecule has 1 aromatic heterocycles. The number of aromatic nitrogens is 2. The number of nitrogens with zero attached hydrogens (tertiary/aromatic N) is 3. The van der Waals surface area contributed by atoms with Crippen LogP contribution in [-0.2, 0) is 33.3 Å². The number of carbonyl (C=O) groups excluding carboxylic acids is 1. The molecule has 3 rings (SSSR count). The van der Waals surface area contributed by atoms with Gasteiger partial charge in [-0.1, -0.05) is 26.8 Å². The van der Waals surface area contributed by atoms with Crippen LogP contribution in [0.25, 0.3) is 5.70 Å². The maximum Gasteiger partial charge on any atom is 0.255 e. The van der Waals surface area contributed by atoms with Crippen LogP contribution in [0, 0.1) is 6.92 Å². The van der Waals surface area contributed by atoms with Gasteiger partial charge in [-0.05, 0) is 47.7 Å². The Morgan fingerprint density at radius 2 is 1.83 bits per heavy atom. The maximum atomic E-state index is 13.4. The van der Waals surface area contributed by atoms with Crippen molar-refractivity contribution in [1.82, 2.24) is 9.55 Å². The predicted octanol–water partition coefficient (Wildman–Crippen LogP) is 3.03. The lowest BCUT2D eigenvalue weighted by Gasteiger charge is -2.24. The molecule has 0 aliphatic rings. The third kappa shape index (κ3) is 7.45. The SMILES string of the molecule is COc1c(NC(=O)c2ccc(C)c(N(N)/C=C(\N)c3cnc(S(C)=O)n3C)c2)cc(C(C)(C)C)cc1NS(C)(=O)=O. The molecule has 6 N–H and O–H groups in total. The number of benzene rings is 2. The molecule has 2 aromatic carbocycles. The van der Waals surface area contributed by atoms with Crippen molar-refractivity contribution in [1.29, 1.82) is 0 Å². The number of rotatable bonds is 9. The molecule has 14 heteroatoms. The van der Waals surface area contributed by atoms with Crippen molar-refractivity contribution in [2.24, 2.45) is 18.6 Å². The topological polar surface area (TPSA) is 175 Å². The fourth-order valence-electron chi connectivity index (χ4n) is 4.09. The molecular formula is C27H37N7O5S2. The quantitative estimate of drug-likeness (QED) is 0.212. The van der Waals surface area contributed by atoms with Gasteiger partial charge in [-0.15, -0.1) is 0 Å². The molecule has 0 saturated carbocycles. The molecule has 0 bridgehead atoms. The fraction of sp³-hybridized carbons (Fsp3) is 0.333. The molecule has 0 saturated heterocycles. The van der Waals surface area contributed by atoms with Crippen molar-refractivity contribution in [3.63, 3.8) is 0 Å². The summed E-state index contributed by atoms with van der Waals surface area (Å²) in [5.74, 6) is 6.04. The largest absolute Gasteiger partial charge is 0.492 e. The number of hydrogen-bond donors (Lipinski definition) is 4. The van der Waals surface area contributed by atoms with Gasteiger partial charge in [-0.3, -0.25) is 18.7 Å². The van der Waals surface area contributed by atoms with Gasteiger partial charge in [0.15, 0.2) is 10.9 Å². The Kier molecular flexibility index (Phi) is 9.20. The summed E-state index contributed by atoms with van der Waals surface area (Å²) >= 11 is 0. The molecule has 1 amide bonds. The predicted molar refractivity (Wildman–Crippen MR) is 164 cm³/mol. The van der Waals surface area contributed by atoms with Gasteiger partial charge in [-0.2, -0.15) is 0 Å². The third-order valence-electron chi connectivity index (χ3n) is 6.23. The van der Waals surface area contributed by atoms with Gasteiger partial charge in [0.2, 0.25) is 10.0 Å². The number of amides is 1. The van der Waals surface area contributed by atoms with Crippen LogP contribution in [0.4, 0.5) is 17.1 Å². The van der Waals surface area contributed by atoms with E-state index in [1.54, 1.807) is 41.9 Å². The van der Waals surface area contributed by atoms with Crippen LogP contribution in [0.15, 0.2) is 47.9 Å². The van der Waals surface area contributed by atoms with E-state index < -0.39 is 26.7 Å². The Balaban J connectivity index is 1.99. The van der Waals surface area contributed by atoms with E-state index in [0.717, 1.165) is 17.4 Å². The van der Waals surface area contributed by atoms with Gasteiger partial charge in [0.05, 0.1) is 58.8 Å². The highest BCUT2D eigenvalue weighted by molar-refractivity contribution is 7.92. The molecule has 41 heavy (non-hydrogen) atoms. The van der Waals surface area contributed by atoms with Crippen LogP contribution in [0.2, 0.25) is 0 Å². The summed E-state index contributed by atoms with van der Waals surface area (Å²) in [6, 6.07) is 8.44. The van der Waals surface area contributed by atoms with Crippen molar-refractivity contribution in [3.05, 3.63) is 65.1 Å². The second-order valence-electron chi connectivity index (χ2n) is 10.6. The second-order valence-corrected chi connectivity index (χ2v) is 13.6. The van der Waals surface area contributed by atoms with Gasteiger partial charge < -0.3 is 20.4 Å². The summed E-state index contributed by atoms with van der Waals surface area (Å²) in [4.78, 5) is 17.6. The highest BCUT2D eigenvalue weighted by Gasteiger charge is 2.23. The smallest absolute Gasteiger partial charge is 0.255 e. The van der Waals surface area contributed by atoms with Crippen molar-refractivity contribution in [2.45, 2.75) is 38.3 Å². The summed E-state index contributed by atoms with van der Waals surface area (Å²) in [6.07, 6.45) is 5.57. The fourth-order valence-corrected chi connectivity index (χ4v) is 5.32. The molecule has 1 unspecified atom stereocenters. The lowest BCUT2D eigenvalue weighted by molar-refractivity contribution is 0.102. The summed E-state index contributed by atoms with van der Waals surface area (Å²) in [5, 5.41) is 4.52. The van der Waals surface area contributed by atoms with Gasteiger partial charge in [-0.25, -0.2) is 19.2 Å². The number of hydrazine groups is 1. The molecular weight excluding hydrogens is 566 g/mol. The van der Waals surface area contributed by atoms with Crippen LogP contribution >= 0.6 is 0 Å². The van der Waals surface area contributed by atoms with E-state index in [9.17, 15) is 17.4 Å². The highest BCUT2D eigenvalue weighted by Crippen LogP contribution is 2.39. The number of sulfonamides is 1. The summed E-state index contributed by atoms with van der Waals surface area (Å²) in [6.45, 7) is 7.75. The molecule has 0 spiro atoms. The number of ether oxygens (including phenoxy) is 1. The standard InChI is InChI=1S/C27H37N7O5S2/c1-16-9-10-17(11-22(16)34(29)15-19(28)23-14-30-26(33(23)5)40(7)36)25(35)31-20-12-18(27(2,3)4)13-21(24(20)39-6)32-41(8,37)38/h9-15,32H,28-29H2,1-8H3,(H,31,35)/b19-15-. The third-order valence-corrected chi connectivity index (χ3v) is 7.71. The zero-order valence-electron chi connectivity index (χ0n) is 24.4. The van der Waals surface area contributed by atoms with Crippen molar-refractivity contribution in [2.75, 3.05) is 34.7 Å². The van der Waals surface area contributed by atoms with Gasteiger partial charge in [0.1, 0.15) is 0 Å². The van der Waals surface area contributed by atoms with Crippen LogP contribution in [0.3, 0.4) is 0 Å².